The van der Waals surface area contributed by atoms with Gasteiger partial charge in [0.25, 0.3) is 10.0 Å². The summed E-state index contributed by atoms with van der Waals surface area (Å²) in [5.74, 6) is -0.722. The predicted octanol–water partition coefficient (Wildman–Crippen LogP) is 6.02. The van der Waals surface area contributed by atoms with Gasteiger partial charge in [0.1, 0.15) is 12.6 Å². The summed E-state index contributed by atoms with van der Waals surface area (Å²) in [5, 5.41) is 3.57. The van der Waals surface area contributed by atoms with Crippen LogP contribution in [0.5, 0.6) is 0 Å². The molecule has 1 atom stereocenters. The van der Waals surface area contributed by atoms with Gasteiger partial charge in [-0.2, -0.15) is 0 Å². The molecule has 1 saturated carbocycles. The summed E-state index contributed by atoms with van der Waals surface area (Å²) < 4.78 is 28.9. The molecule has 1 aliphatic carbocycles. The molecule has 0 bridgehead atoms. The summed E-state index contributed by atoms with van der Waals surface area (Å²) in [5.41, 5.74) is 3.10. The van der Waals surface area contributed by atoms with Crippen molar-refractivity contribution in [1.82, 2.24) is 10.2 Å². The Hall–Kier alpha value is -3.36. The van der Waals surface area contributed by atoms with E-state index in [0.29, 0.717) is 10.7 Å². The molecule has 0 radical (unpaired) electrons. The molecule has 0 unspecified atom stereocenters. The number of benzene rings is 3. The van der Waals surface area contributed by atoms with Gasteiger partial charge in [0.15, 0.2) is 0 Å². The van der Waals surface area contributed by atoms with Crippen molar-refractivity contribution in [3.8, 4) is 0 Å². The van der Waals surface area contributed by atoms with Crippen molar-refractivity contribution in [1.29, 1.82) is 0 Å². The maximum absolute atomic E-state index is 14.1. The van der Waals surface area contributed by atoms with Gasteiger partial charge in [0, 0.05) is 17.6 Å². The summed E-state index contributed by atoms with van der Waals surface area (Å²) in [6.45, 7) is 5.22. The molecule has 4 rings (SSSR count). The van der Waals surface area contributed by atoms with E-state index in [-0.39, 0.29) is 23.4 Å². The lowest BCUT2D eigenvalue weighted by molar-refractivity contribution is -0.139. The van der Waals surface area contributed by atoms with E-state index in [4.69, 9.17) is 11.6 Å². The fourth-order valence-corrected chi connectivity index (χ4v) is 6.67. The zero-order valence-corrected chi connectivity index (χ0v) is 25.4. The number of sulfonamides is 1. The highest BCUT2D eigenvalue weighted by Crippen LogP contribution is 2.26. The van der Waals surface area contributed by atoms with Gasteiger partial charge in [-0.25, -0.2) is 8.42 Å². The van der Waals surface area contributed by atoms with Crippen molar-refractivity contribution in [3.63, 3.8) is 0 Å². The van der Waals surface area contributed by atoms with Crippen LogP contribution in [-0.4, -0.2) is 43.8 Å². The number of hydrogen-bond donors (Lipinski definition) is 1. The Morgan fingerprint density at radius 1 is 0.927 bits per heavy atom. The summed E-state index contributed by atoms with van der Waals surface area (Å²) in [6, 6.07) is 19.8. The highest BCUT2D eigenvalue weighted by molar-refractivity contribution is 7.92. The lowest BCUT2D eigenvalue weighted by Crippen LogP contribution is -2.53. The van der Waals surface area contributed by atoms with Crippen LogP contribution in [0.4, 0.5) is 5.69 Å². The number of aryl methyl sites for hydroxylation is 2. The first-order valence-electron chi connectivity index (χ1n) is 14.0. The van der Waals surface area contributed by atoms with Crippen LogP contribution < -0.4 is 9.62 Å². The molecule has 0 saturated heterocycles. The van der Waals surface area contributed by atoms with Gasteiger partial charge in [-0.05, 0) is 75.6 Å². The molecule has 3 aromatic rings. The highest BCUT2D eigenvalue weighted by atomic mass is 35.5. The number of nitrogens with zero attached hydrogens (tertiary/aromatic N) is 2. The number of hydrogen-bond acceptors (Lipinski definition) is 4. The van der Waals surface area contributed by atoms with Gasteiger partial charge >= 0.3 is 0 Å². The molecule has 3 aromatic carbocycles. The minimum absolute atomic E-state index is 0.0687. The van der Waals surface area contributed by atoms with Crippen molar-refractivity contribution in [2.75, 3.05) is 10.8 Å². The number of carbonyl (C=O) groups excluding carboxylic acids is 2. The molecule has 0 heterocycles. The summed E-state index contributed by atoms with van der Waals surface area (Å²) in [6.07, 6.45) is 5.14. The molecule has 7 nitrogen and oxygen atoms in total. The number of carbonyl (C=O) groups is 2. The van der Waals surface area contributed by atoms with Crippen LogP contribution in [0.1, 0.15) is 55.7 Å². The molecular formula is C32H38ClN3O4S. The molecule has 41 heavy (non-hydrogen) atoms. The molecule has 0 spiro atoms. The normalized spacial score (nSPS) is 14.7. The van der Waals surface area contributed by atoms with Gasteiger partial charge in [0.05, 0.1) is 10.6 Å². The molecule has 9 heteroatoms. The van der Waals surface area contributed by atoms with E-state index in [9.17, 15) is 18.0 Å². The van der Waals surface area contributed by atoms with E-state index in [1.54, 1.807) is 43.3 Å². The summed E-state index contributed by atoms with van der Waals surface area (Å²) in [4.78, 5) is 29.0. The summed E-state index contributed by atoms with van der Waals surface area (Å²) >= 11 is 6.09. The first kappa shape index (κ1) is 30.6. The summed E-state index contributed by atoms with van der Waals surface area (Å²) in [7, 11) is -4.12. The van der Waals surface area contributed by atoms with Crippen LogP contribution in [0.3, 0.4) is 0 Å². The number of nitrogens with one attached hydrogen (secondary N) is 1. The van der Waals surface area contributed by atoms with E-state index in [0.717, 1.165) is 53.1 Å². The van der Waals surface area contributed by atoms with Crippen LogP contribution in [0, 0.1) is 13.8 Å². The van der Waals surface area contributed by atoms with Crippen LogP contribution in [0.25, 0.3) is 0 Å². The van der Waals surface area contributed by atoms with E-state index >= 15 is 0 Å². The van der Waals surface area contributed by atoms with Crippen LogP contribution >= 0.6 is 11.6 Å². The van der Waals surface area contributed by atoms with Gasteiger partial charge in [-0.15, -0.1) is 0 Å². The van der Waals surface area contributed by atoms with E-state index < -0.39 is 28.5 Å². The minimum Gasteiger partial charge on any atom is -0.352 e. The standard InChI is InChI=1S/C32H38ClN3O4S/c1-23-12-18-30(19-13-23)41(39,40)36(29-16-14-27(33)15-17-29)22-31(37)35(21-26-9-7-8-24(2)20-26)25(3)32(38)34-28-10-5-4-6-11-28/h7-9,12-20,25,28H,4-6,10-11,21-22H2,1-3H3,(H,34,38)/t25-/m0/s1. The predicted molar refractivity (Wildman–Crippen MR) is 163 cm³/mol. The number of anilines is 1. The third kappa shape index (κ3) is 7.89. The van der Waals surface area contributed by atoms with E-state index in [2.05, 4.69) is 5.32 Å². The Morgan fingerprint density at radius 3 is 2.22 bits per heavy atom. The zero-order chi connectivity index (χ0) is 29.6. The molecule has 2 amide bonds. The monoisotopic (exact) mass is 595 g/mol. The third-order valence-electron chi connectivity index (χ3n) is 7.56. The maximum Gasteiger partial charge on any atom is 0.264 e. The zero-order valence-electron chi connectivity index (χ0n) is 23.8. The largest absolute Gasteiger partial charge is 0.352 e. The molecule has 218 valence electrons. The van der Waals surface area contributed by atoms with Crippen molar-refractivity contribution in [2.24, 2.45) is 0 Å². The second-order valence-electron chi connectivity index (χ2n) is 10.8. The first-order valence-corrected chi connectivity index (χ1v) is 15.9. The maximum atomic E-state index is 14.1. The Balaban J connectivity index is 1.67. The van der Waals surface area contributed by atoms with Gasteiger partial charge in [-0.1, -0.05) is 78.4 Å². The smallest absolute Gasteiger partial charge is 0.264 e. The third-order valence-corrected chi connectivity index (χ3v) is 9.60. The molecule has 1 aliphatic rings. The van der Waals surface area contributed by atoms with Gasteiger partial charge < -0.3 is 10.2 Å². The first-order chi connectivity index (χ1) is 19.5. The number of rotatable bonds is 10. The topological polar surface area (TPSA) is 86.8 Å². The van der Waals surface area contributed by atoms with Crippen molar-refractivity contribution in [2.45, 2.75) is 76.4 Å². The quantitative estimate of drug-likeness (QED) is 0.311. The molecule has 0 aromatic heterocycles. The second kappa shape index (κ2) is 13.5. The van der Waals surface area contributed by atoms with Crippen LogP contribution in [0.15, 0.2) is 77.7 Å². The second-order valence-corrected chi connectivity index (χ2v) is 13.1. The molecular weight excluding hydrogens is 558 g/mol. The van der Waals surface area contributed by atoms with Crippen LogP contribution in [-0.2, 0) is 26.2 Å². The fraction of sp³-hybridized carbons (Fsp3) is 0.375. The SMILES string of the molecule is Cc1ccc(S(=O)(=O)N(CC(=O)N(Cc2cccc(C)c2)[C@@H](C)C(=O)NC2CCCCC2)c2ccc(Cl)cc2)cc1. The van der Waals surface area contributed by atoms with E-state index in [1.807, 2.05) is 38.1 Å². The Bertz CT molecular complexity index is 1450. The van der Waals surface area contributed by atoms with Gasteiger partial charge in [0.2, 0.25) is 11.8 Å². The Morgan fingerprint density at radius 2 is 1.59 bits per heavy atom. The Labute approximate surface area is 248 Å². The number of amides is 2. The van der Waals surface area contributed by atoms with Crippen molar-refractivity contribution >= 4 is 39.1 Å². The average Bonchev–Trinajstić information content (AvgIpc) is 2.95. The van der Waals surface area contributed by atoms with Crippen molar-refractivity contribution in [3.05, 3.63) is 94.5 Å². The average molecular weight is 596 g/mol. The molecule has 0 aliphatic heterocycles. The lowest BCUT2D eigenvalue weighted by atomic mass is 9.95. The van der Waals surface area contributed by atoms with Crippen molar-refractivity contribution < 1.29 is 18.0 Å². The van der Waals surface area contributed by atoms with E-state index in [1.165, 1.54) is 17.0 Å². The lowest BCUT2D eigenvalue weighted by Gasteiger charge is -2.33. The number of halogens is 1. The molecule has 1 N–H and O–H groups in total. The Kier molecular flexibility index (Phi) is 10.1. The molecule has 1 fully saturated rings. The minimum atomic E-state index is -4.12. The highest BCUT2D eigenvalue weighted by Gasteiger charge is 2.33. The fourth-order valence-electron chi connectivity index (χ4n) is 5.13. The van der Waals surface area contributed by atoms with Gasteiger partial charge in [-0.3, -0.25) is 13.9 Å². The van der Waals surface area contributed by atoms with Crippen LogP contribution in [0.2, 0.25) is 5.02 Å².